The van der Waals surface area contributed by atoms with Crippen LogP contribution in [0.1, 0.15) is 13.8 Å². The number of hydrogen-bond acceptors (Lipinski definition) is 4. The fourth-order valence-corrected chi connectivity index (χ4v) is 2.13. The Balaban J connectivity index is 1.85. The Hall–Kier alpha value is -2.41. The Morgan fingerprint density at radius 3 is 2.73 bits per heavy atom. The molecule has 0 spiro atoms. The summed E-state index contributed by atoms with van der Waals surface area (Å²) in [5.41, 5.74) is 1.62. The predicted molar refractivity (Wildman–Crippen MR) is 85.5 cm³/mol. The summed E-state index contributed by atoms with van der Waals surface area (Å²) in [7, 11) is 1.73. The number of amides is 2. The first-order valence-corrected chi connectivity index (χ1v) is 7.15. The van der Waals surface area contributed by atoms with Crippen LogP contribution in [-0.2, 0) is 9.59 Å². The number of aromatic amines is 1. The molecule has 3 N–H and O–H groups in total. The van der Waals surface area contributed by atoms with E-state index in [9.17, 15) is 9.59 Å². The van der Waals surface area contributed by atoms with Crippen molar-refractivity contribution in [1.29, 1.82) is 0 Å². The van der Waals surface area contributed by atoms with Crippen molar-refractivity contribution >= 4 is 28.4 Å². The fourth-order valence-electron chi connectivity index (χ4n) is 2.13. The molecule has 2 amide bonds. The Morgan fingerprint density at radius 2 is 2.00 bits per heavy atom. The maximum Gasteiger partial charge on any atom is 0.238 e. The topological polar surface area (TPSA) is 90.1 Å². The molecule has 0 saturated heterocycles. The summed E-state index contributed by atoms with van der Waals surface area (Å²) >= 11 is 0. The molecule has 0 atom stereocenters. The molecule has 7 nitrogen and oxygen atoms in total. The van der Waals surface area contributed by atoms with Gasteiger partial charge in [0.1, 0.15) is 0 Å². The van der Waals surface area contributed by atoms with Gasteiger partial charge in [-0.3, -0.25) is 19.6 Å². The lowest BCUT2D eigenvalue weighted by Crippen LogP contribution is -2.41. The van der Waals surface area contributed by atoms with Crippen LogP contribution in [0.2, 0.25) is 0 Å². The van der Waals surface area contributed by atoms with Crippen LogP contribution in [0.5, 0.6) is 0 Å². The molecular formula is C15H21N5O2. The summed E-state index contributed by atoms with van der Waals surface area (Å²) < 4.78 is 0. The highest BCUT2D eigenvalue weighted by molar-refractivity contribution is 5.95. The van der Waals surface area contributed by atoms with E-state index >= 15 is 0 Å². The number of fused-ring (bicyclic) bond motifs is 1. The van der Waals surface area contributed by atoms with Gasteiger partial charge < -0.3 is 10.6 Å². The standard InChI is InChI=1S/C15H21N5O2/c1-10(2)17-14(21)8-20(3)9-15(22)18-12-4-5-13-11(6-12)7-16-19-13/h4-7,10H,8-9H2,1-3H3,(H,16,19)(H,17,21)(H,18,22). The highest BCUT2D eigenvalue weighted by atomic mass is 16.2. The minimum atomic E-state index is -0.164. The van der Waals surface area contributed by atoms with Gasteiger partial charge in [0.25, 0.3) is 0 Å². The maximum atomic E-state index is 12.0. The van der Waals surface area contributed by atoms with E-state index < -0.39 is 0 Å². The zero-order chi connectivity index (χ0) is 16.1. The van der Waals surface area contributed by atoms with Crippen LogP contribution in [0.3, 0.4) is 0 Å². The normalized spacial score (nSPS) is 11.1. The predicted octanol–water partition coefficient (Wildman–Crippen LogP) is 0.958. The number of rotatable bonds is 6. The zero-order valence-electron chi connectivity index (χ0n) is 13.0. The first-order valence-electron chi connectivity index (χ1n) is 7.15. The minimum Gasteiger partial charge on any atom is -0.353 e. The van der Waals surface area contributed by atoms with Gasteiger partial charge in [0, 0.05) is 17.1 Å². The van der Waals surface area contributed by atoms with Crippen molar-refractivity contribution in [3.05, 3.63) is 24.4 Å². The lowest BCUT2D eigenvalue weighted by atomic mass is 10.2. The van der Waals surface area contributed by atoms with Gasteiger partial charge in [-0.2, -0.15) is 5.10 Å². The highest BCUT2D eigenvalue weighted by Gasteiger charge is 2.11. The third kappa shape index (κ3) is 4.56. The van der Waals surface area contributed by atoms with Gasteiger partial charge in [0.2, 0.25) is 11.8 Å². The maximum absolute atomic E-state index is 12.0. The molecule has 0 unspecified atom stereocenters. The highest BCUT2D eigenvalue weighted by Crippen LogP contribution is 2.16. The molecule has 0 fully saturated rings. The largest absolute Gasteiger partial charge is 0.353 e. The number of carbonyl (C=O) groups excluding carboxylic acids is 2. The van der Waals surface area contributed by atoms with Gasteiger partial charge in [0.05, 0.1) is 24.8 Å². The van der Waals surface area contributed by atoms with Crippen molar-refractivity contribution in [2.75, 3.05) is 25.5 Å². The molecule has 1 aromatic heterocycles. The van der Waals surface area contributed by atoms with Gasteiger partial charge in [0.15, 0.2) is 0 Å². The lowest BCUT2D eigenvalue weighted by molar-refractivity contribution is -0.123. The van der Waals surface area contributed by atoms with Gasteiger partial charge in [-0.15, -0.1) is 0 Å². The van der Waals surface area contributed by atoms with Crippen molar-refractivity contribution in [2.45, 2.75) is 19.9 Å². The second-order valence-corrected chi connectivity index (χ2v) is 5.61. The van der Waals surface area contributed by atoms with Crippen LogP contribution >= 0.6 is 0 Å². The quantitative estimate of drug-likeness (QED) is 0.741. The average Bonchev–Trinajstić information content (AvgIpc) is 2.84. The van der Waals surface area contributed by atoms with Gasteiger partial charge in [-0.25, -0.2) is 0 Å². The summed E-state index contributed by atoms with van der Waals surface area (Å²) in [5.74, 6) is -0.257. The van der Waals surface area contributed by atoms with Crippen LogP contribution < -0.4 is 10.6 Å². The molecule has 7 heteroatoms. The molecule has 0 aliphatic heterocycles. The number of nitrogens with one attached hydrogen (secondary N) is 3. The number of aromatic nitrogens is 2. The third-order valence-electron chi connectivity index (χ3n) is 3.00. The average molecular weight is 303 g/mol. The molecule has 22 heavy (non-hydrogen) atoms. The summed E-state index contributed by atoms with van der Waals surface area (Å²) in [6, 6.07) is 5.61. The Bertz CT molecular complexity index is 665. The number of nitrogens with zero attached hydrogens (tertiary/aromatic N) is 2. The molecule has 0 aliphatic rings. The van der Waals surface area contributed by atoms with E-state index in [1.165, 1.54) is 0 Å². The van der Waals surface area contributed by atoms with E-state index in [1.807, 2.05) is 32.0 Å². The Kier molecular flexibility index (Phi) is 5.11. The third-order valence-corrected chi connectivity index (χ3v) is 3.00. The first-order chi connectivity index (χ1) is 10.4. The van der Waals surface area contributed by atoms with Crippen molar-refractivity contribution in [2.24, 2.45) is 0 Å². The van der Waals surface area contributed by atoms with Crippen LogP contribution in [0.25, 0.3) is 10.9 Å². The van der Waals surface area contributed by atoms with E-state index in [2.05, 4.69) is 20.8 Å². The number of benzene rings is 1. The molecule has 0 saturated carbocycles. The van der Waals surface area contributed by atoms with E-state index in [-0.39, 0.29) is 30.9 Å². The van der Waals surface area contributed by atoms with Gasteiger partial charge in [-0.05, 0) is 39.1 Å². The lowest BCUT2D eigenvalue weighted by Gasteiger charge is -2.17. The molecule has 0 radical (unpaired) electrons. The van der Waals surface area contributed by atoms with Crippen molar-refractivity contribution in [3.63, 3.8) is 0 Å². The molecule has 2 rings (SSSR count). The molecule has 1 aromatic carbocycles. The number of hydrogen-bond donors (Lipinski definition) is 3. The summed E-state index contributed by atoms with van der Waals surface area (Å²) in [6.45, 7) is 4.13. The fraction of sp³-hybridized carbons (Fsp3) is 0.400. The van der Waals surface area contributed by atoms with E-state index in [1.54, 1.807) is 18.1 Å². The van der Waals surface area contributed by atoms with Crippen LogP contribution in [0, 0.1) is 0 Å². The van der Waals surface area contributed by atoms with Crippen LogP contribution in [0.15, 0.2) is 24.4 Å². The number of carbonyl (C=O) groups is 2. The number of anilines is 1. The SMILES string of the molecule is CC(C)NC(=O)CN(C)CC(=O)Nc1ccc2[nH]ncc2c1. The smallest absolute Gasteiger partial charge is 0.238 e. The van der Waals surface area contributed by atoms with Crippen LogP contribution in [-0.4, -0.2) is 53.1 Å². The van der Waals surface area contributed by atoms with E-state index in [4.69, 9.17) is 0 Å². The van der Waals surface area contributed by atoms with Crippen molar-refractivity contribution in [1.82, 2.24) is 20.4 Å². The van der Waals surface area contributed by atoms with Gasteiger partial charge >= 0.3 is 0 Å². The molecular weight excluding hydrogens is 282 g/mol. The Labute approximate surface area is 129 Å². The first kappa shape index (κ1) is 16.0. The van der Waals surface area contributed by atoms with Crippen molar-refractivity contribution in [3.8, 4) is 0 Å². The van der Waals surface area contributed by atoms with E-state index in [0.717, 1.165) is 10.9 Å². The second kappa shape index (κ2) is 7.04. The second-order valence-electron chi connectivity index (χ2n) is 5.61. The Morgan fingerprint density at radius 1 is 1.27 bits per heavy atom. The molecule has 0 aliphatic carbocycles. The van der Waals surface area contributed by atoms with E-state index in [0.29, 0.717) is 5.69 Å². The zero-order valence-corrected chi connectivity index (χ0v) is 13.0. The summed E-state index contributed by atoms with van der Waals surface area (Å²) in [6.07, 6.45) is 1.70. The summed E-state index contributed by atoms with van der Waals surface area (Å²) in [5, 5.41) is 13.3. The monoisotopic (exact) mass is 303 g/mol. The molecule has 1 heterocycles. The molecule has 0 bridgehead atoms. The minimum absolute atomic E-state index is 0.0925. The van der Waals surface area contributed by atoms with Gasteiger partial charge in [-0.1, -0.05) is 0 Å². The molecule has 2 aromatic rings. The number of H-pyrrole nitrogens is 1. The summed E-state index contributed by atoms with van der Waals surface area (Å²) in [4.78, 5) is 25.3. The number of likely N-dealkylation sites (N-methyl/N-ethyl adjacent to an activating group) is 1. The molecule has 118 valence electrons. The van der Waals surface area contributed by atoms with Crippen LogP contribution in [0.4, 0.5) is 5.69 Å². The van der Waals surface area contributed by atoms with Crippen molar-refractivity contribution < 1.29 is 9.59 Å².